The number of aryl methyl sites for hydroxylation is 1. The fourth-order valence-corrected chi connectivity index (χ4v) is 1.87. The molecule has 102 valence electrons. The van der Waals surface area contributed by atoms with Gasteiger partial charge in [0.15, 0.2) is 5.82 Å². The van der Waals surface area contributed by atoms with Crippen molar-refractivity contribution in [2.75, 3.05) is 12.8 Å². The van der Waals surface area contributed by atoms with Crippen LogP contribution in [0.3, 0.4) is 0 Å². The second-order valence-electron chi connectivity index (χ2n) is 5.20. The Hall–Kier alpha value is -1.95. The van der Waals surface area contributed by atoms with Gasteiger partial charge in [-0.25, -0.2) is 4.68 Å². The molecule has 0 bridgehead atoms. The number of rotatable bonds is 4. The summed E-state index contributed by atoms with van der Waals surface area (Å²) in [5, 5.41) is 11.9. The second kappa shape index (κ2) is 4.97. The van der Waals surface area contributed by atoms with E-state index in [1.165, 1.54) is 0 Å². The summed E-state index contributed by atoms with van der Waals surface area (Å²) >= 11 is 0. The molecule has 19 heavy (non-hydrogen) atoms. The zero-order valence-corrected chi connectivity index (χ0v) is 11.7. The lowest BCUT2D eigenvalue weighted by Gasteiger charge is -2.22. The fraction of sp³-hybridized carbons (Fsp3) is 0.462. The molecule has 0 saturated carbocycles. The summed E-state index contributed by atoms with van der Waals surface area (Å²) in [7, 11) is 1.68. The van der Waals surface area contributed by atoms with Crippen LogP contribution in [0, 0.1) is 6.92 Å². The summed E-state index contributed by atoms with van der Waals surface area (Å²) in [6, 6.07) is 5.70. The first kappa shape index (κ1) is 13.5. The number of nitrogens with zero attached hydrogens (tertiary/aromatic N) is 4. The van der Waals surface area contributed by atoms with Gasteiger partial charge in [-0.3, -0.25) is 0 Å². The molecule has 1 aromatic heterocycles. The number of nitrogen functional groups attached to an aromatic ring is 1. The summed E-state index contributed by atoms with van der Waals surface area (Å²) < 4.78 is 7.17. The van der Waals surface area contributed by atoms with Crippen molar-refractivity contribution >= 4 is 5.69 Å². The molecule has 0 aliphatic heterocycles. The van der Waals surface area contributed by atoms with Gasteiger partial charge >= 0.3 is 0 Å². The van der Waals surface area contributed by atoms with Gasteiger partial charge in [0.25, 0.3) is 0 Å². The van der Waals surface area contributed by atoms with E-state index in [0.717, 1.165) is 22.6 Å². The fourth-order valence-electron chi connectivity index (χ4n) is 1.87. The van der Waals surface area contributed by atoms with Crippen LogP contribution in [0.25, 0.3) is 11.4 Å². The zero-order chi connectivity index (χ0) is 14.0. The van der Waals surface area contributed by atoms with Gasteiger partial charge in [0.1, 0.15) is 0 Å². The summed E-state index contributed by atoms with van der Waals surface area (Å²) in [4.78, 5) is 0. The molecule has 0 aliphatic rings. The molecule has 2 N–H and O–H groups in total. The number of hydrogen-bond acceptors (Lipinski definition) is 5. The minimum atomic E-state index is -0.328. The average Bonchev–Trinajstić information content (AvgIpc) is 2.76. The topological polar surface area (TPSA) is 78.8 Å². The number of tetrazole rings is 1. The zero-order valence-electron chi connectivity index (χ0n) is 11.7. The van der Waals surface area contributed by atoms with Gasteiger partial charge < -0.3 is 10.5 Å². The van der Waals surface area contributed by atoms with E-state index in [1.807, 2.05) is 39.0 Å². The summed E-state index contributed by atoms with van der Waals surface area (Å²) in [6.07, 6.45) is 0. The van der Waals surface area contributed by atoms with Crippen LogP contribution >= 0.6 is 0 Å². The van der Waals surface area contributed by atoms with Crippen molar-refractivity contribution in [2.24, 2.45) is 0 Å². The van der Waals surface area contributed by atoms with E-state index in [1.54, 1.807) is 11.8 Å². The molecule has 0 saturated heterocycles. The quantitative estimate of drug-likeness (QED) is 0.847. The molecule has 2 aromatic rings. The molecule has 2 rings (SSSR count). The first-order valence-electron chi connectivity index (χ1n) is 6.11. The molecule has 1 heterocycles. The molecule has 0 atom stereocenters. The molecule has 1 aromatic carbocycles. The van der Waals surface area contributed by atoms with Crippen molar-refractivity contribution in [1.82, 2.24) is 20.2 Å². The van der Waals surface area contributed by atoms with Crippen molar-refractivity contribution in [3.05, 3.63) is 23.8 Å². The molecule has 6 heteroatoms. The molecular weight excluding hydrogens is 242 g/mol. The van der Waals surface area contributed by atoms with Crippen LogP contribution in [0.5, 0.6) is 0 Å². The Morgan fingerprint density at radius 2 is 2.11 bits per heavy atom. The SMILES string of the molecule is COC(C)(C)Cn1nnnc1-c1ccc(N)cc1C. The van der Waals surface area contributed by atoms with Crippen LogP contribution in [-0.4, -0.2) is 32.9 Å². The molecular formula is C13H19N5O. The van der Waals surface area contributed by atoms with Crippen molar-refractivity contribution in [3.63, 3.8) is 0 Å². The smallest absolute Gasteiger partial charge is 0.182 e. The Morgan fingerprint density at radius 1 is 1.37 bits per heavy atom. The lowest BCUT2D eigenvalue weighted by atomic mass is 10.1. The van der Waals surface area contributed by atoms with E-state index in [-0.39, 0.29) is 5.60 Å². The maximum Gasteiger partial charge on any atom is 0.182 e. The first-order valence-corrected chi connectivity index (χ1v) is 6.11. The highest BCUT2D eigenvalue weighted by Crippen LogP contribution is 2.24. The normalized spacial score (nSPS) is 11.8. The van der Waals surface area contributed by atoms with E-state index in [9.17, 15) is 0 Å². The lowest BCUT2D eigenvalue weighted by molar-refractivity contribution is 0.00538. The average molecular weight is 261 g/mol. The number of ether oxygens (including phenoxy) is 1. The maximum atomic E-state index is 5.76. The number of hydrogen-bond donors (Lipinski definition) is 1. The van der Waals surface area contributed by atoms with E-state index in [4.69, 9.17) is 10.5 Å². The Labute approximate surface area is 112 Å². The van der Waals surface area contributed by atoms with Crippen LogP contribution in [0.1, 0.15) is 19.4 Å². The highest BCUT2D eigenvalue weighted by molar-refractivity contribution is 5.63. The third kappa shape index (κ3) is 2.90. The Balaban J connectivity index is 2.39. The first-order chi connectivity index (χ1) is 8.93. The number of aromatic nitrogens is 4. The number of benzene rings is 1. The monoisotopic (exact) mass is 261 g/mol. The molecule has 6 nitrogen and oxygen atoms in total. The van der Waals surface area contributed by atoms with Crippen LogP contribution in [0.15, 0.2) is 18.2 Å². The van der Waals surface area contributed by atoms with Gasteiger partial charge in [-0.15, -0.1) is 5.10 Å². The van der Waals surface area contributed by atoms with Crippen molar-refractivity contribution in [2.45, 2.75) is 32.9 Å². The van der Waals surface area contributed by atoms with Gasteiger partial charge in [-0.2, -0.15) is 0 Å². The number of anilines is 1. The number of nitrogens with two attached hydrogens (primary N) is 1. The number of methoxy groups -OCH3 is 1. The molecule has 0 amide bonds. The van der Waals surface area contributed by atoms with Crippen molar-refractivity contribution in [3.8, 4) is 11.4 Å². The van der Waals surface area contributed by atoms with Gasteiger partial charge in [0.2, 0.25) is 0 Å². The minimum absolute atomic E-state index is 0.328. The summed E-state index contributed by atoms with van der Waals surface area (Å²) in [5.41, 5.74) is 8.20. The second-order valence-corrected chi connectivity index (χ2v) is 5.20. The predicted molar refractivity (Wildman–Crippen MR) is 73.5 cm³/mol. The molecule has 0 spiro atoms. The largest absolute Gasteiger partial charge is 0.399 e. The molecule has 0 aliphatic carbocycles. The van der Waals surface area contributed by atoms with Crippen LogP contribution < -0.4 is 5.73 Å². The highest BCUT2D eigenvalue weighted by atomic mass is 16.5. The van der Waals surface area contributed by atoms with Crippen molar-refractivity contribution in [1.29, 1.82) is 0 Å². The summed E-state index contributed by atoms with van der Waals surface area (Å²) in [5.74, 6) is 0.725. The summed E-state index contributed by atoms with van der Waals surface area (Å²) in [6.45, 7) is 6.56. The van der Waals surface area contributed by atoms with E-state index in [0.29, 0.717) is 6.54 Å². The third-order valence-electron chi connectivity index (χ3n) is 3.11. The van der Waals surface area contributed by atoms with Gasteiger partial charge in [0, 0.05) is 18.4 Å². The lowest BCUT2D eigenvalue weighted by Crippen LogP contribution is -2.30. The Morgan fingerprint density at radius 3 is 2.74 bits per heavy atom. The van der Waals surface area contributed by atoms with E-state index < -0.39 is 0 Å². The molecule has 0 radical (unpaired) electrons. The van der Waals surface area contributed by atoms with Crippen LogP contribution in [-0.2, 0) is 11.3 Å². The Kier molecular flexibility index (Phi) is 3.53. The van der Waals surface area contributed by atoms with Crippen LogP contribution in [0.2, 0.25) is 0 Å². The van der Waals surface area contributed by atoms with E-state index in [2.05, 4.69) is 15.5 Å². The highest BCUT2D eigenvalue weighted by Gasteiger charge is 2.21. The molecule has 0 unspecified atom stereocenters. The standard InChI is InChI=1S/C13H19N5O/c1-9-7-10(14)5-6-11(9)12-15-16-17-18(12)8-13(2,3)19-4/h5-7H,8,14H2,1-4H3. The van der Waals surface area contributed by atoms with Crippen molar-refractivity contribution < 1.29 is 4.74 Å². The van der Waals surface area contributed by atoms with Gasteiger partial charge in [-0.1, -0.05) is 0 Å². The third-order valence-corrected chi connectivity index (χ3v) is 3.11. The van der Waals surface area contributed by atoms with Crippen LogP contribution in [0.4, 0.5) is 5.69 Å². The Bertz CT molecular complexity index is 576. The van der Waals surface area contributed by atoms with Gasteiger partial charge in [-0.05, 0) is 55.0 Å². The van der Waals surface area contributed by atoms with Gasteiger partial charge in [0.05, 0.1) is 12.1 Å². The maximum absolute atomic E-state index is 5.76. The minimum Gasteiger partial charge on any atom is -0.399 e. The van der Waals surface area contributed by atoms with E-state index >= 15 is 0 Å². The molecule has 0 fully saturated rings. The predicted octanol–water partition coefficient (Wildman–Crippen LogP) is 1.66.